The molecule has 26 heavy (non-hydrogen) atoms. The van der Waals surface area contributed by atoms with Gasteiger partial charge in [-0.15, -0.1) is 0 Å². The summed E-state index contributed by atoms with van der Waals surface area (Å²) in [5.74, 6) is -0.400. The molecule has 0 saturated carbocycles. The lowest BCUT2D eigenvalue weighted by Crippen LogP contribution is -2.27. The zero-order chi connectivity index (χ0) is 18.8. The van der Waals surface area contributed by atoms with Gasteiger partial charge >= 0.3 is 0 Å². The van der Waals surface area contributed by atoms with Gasteiger partial charge in [0.05, 0.1) is 10.4 Å². The van der Waals surface area contributed by atoms with Gasteiger partial charge in [0.1, 0.15) is 6.54 Å². The molecule has 0 unspecified atom stereocenters. The van der Waals surface area contributed by atoms with Crippen molar-refractivity contribution in [2.24, 2.45) is 0 Å². The molecule has 2 aromatic carbocycles. The number of hydrogen-bond donors (Lipinski definition) is 1. The van der Waals surface area contributed by atoms with Gasteiger partial charge in [0.15, 0.2) is 0 Å². The van der Waals surface area contributed by atoms with Crippen molar-refractivity contribution in [2.45, 2.75) is 13.5 Å². The minimum Gasteiger partial charge on any atom is -0.324 e. The van der Waals surface area contributed by atoms with Crippen LogP contribution in [0.15, 0.2) is 53.3 Å². The number of halogens is 1. The Morgan fingerprint density at radius 1 is 1.23 bits per heavy atom. The molecule has 1 aromatic heterocycles. The van der Waals surface area contributed by atoms with E-state index in [2.05, 4.69) is 5.32 Å². The molecule has 132 valence electrons. The number of pyridine rings is 1. The second kappa shape index (κ2) is 6.97. The number of carbonyl (C=O) groups is 1. The Hall–Kier alpha value is -3.19. The average Bonchev–Trinajstić information content (AvgIpc) is 2.61. The van der Waals surface area contributed by atoms with E-state index in [1.54, 1.807) is 25.1 Å². The van der Waals surface area contributed by atoms with Gasteiger partial charge in [-0.1, -0.05) is 17.7 Å². The van der Waals surface area contributed by atoms with Crippen LogP contribution in [0.25, 0.3) is 10.9 Å². The molecule has 1 N–H and O–H groups in total. The summed E-state index contributed by atoms with van der Waals surface area (Å²) in [6.45, 7) is 1.56. The summed E-state index contributed by atoms with van der Waals surface area (Å²) in [5.41, 5.74) is 1.28. The predicted octanol–water partition coefficient (Wildman–Crippen LogP) is 3.51. The number of carbonyl (C=O) groups excluding carboxylic acids is 1. The summed E-state index contributed by atoms with van der Waals surface area (Å²) >= 11 is 6.04. The number of benzene rings is 2. The van der Waals surface area contributed by atoms with Crippen molar-refractivity contribution < 1.29 is 9.72 Å². The van der Waals surface area contributed by atoms with Gasteiger partial charge in [0.2, 0.25) is 5.91 Å². The molecule has 0 atom stereocenters. The first-order chi connectivity index (χ1) is 12.4. The van der Waals surface area contributed by atoms with Crippen LogP contribution in [0.4, 0.5) is 11.4 Å². The van der Waals surface area contributed by atoms with E-state index in [1.165, 1.54) is 34.9 Å². The lowest BCUT2D eigenvalue weighted by molar-refractivity contribution is -0.384. The van der Waals surface area contributed by atoms with Crippen molar-refractivity contribution in [1.82, 2.24) is 4.57 Å². The number of hydrogen-bond acceptors (Lipinski definition) is 4. The minimum absolute atomic E-state index is 0.0818. The van der Waals surface area contributed by atoms with Crippen LogP contribution in [-0.4, -0.2) is 15.4 Å². The Morgan fingerprint density at radius 3 is 2.73 bits per heavy atom. The van der Waals surface area contributed by atoms with E-state index in [-0.39, 0.29) is 17.8 Å². The fourth-order valence-corrected chi connectivity index (χ4v) is 2.82. The topological polar surface area (TPSA) is 94.2 Å². The molecule has 1 heterocycles. The van der Waals surface area contributed by atoms with Gasteiger partial charge < -0.3 is 5.32 Å². The van der Waals surface area contributed by atoms with Crippen LogP contribution in [0.1, 0.15) is 5.56 Å². The van der Waals surface area contributed by atoms with Crippen molar-refractivity contribution >= 4 is 39.8 Å². The number of amides is 1. The van der Waals surface area contributed by atoms with Crippen LogP contribution in [-0.2, 0) is 11.3 Å². The van der Waals surface area contributed by atoms with Gasteiger partial charge in [-0.2, -0.15) is 0 Å². The van der Waals surface area contributed by atoms with Gasteiger partial charge in [0, 0.05) is 34.3 Å². The summed E-state index contributed by atoms with van der Waals surface area (Å²) in [6, 6.07) is 12.1. The number of nitrogens with one attached hydrogen (secondary N) is 1. The Labute approximate surface area is 153 Å². The van der Waals surface area contributed by atoms with Crippen molar-refractivity contribution in [3.05, 3.63) is 79.6 Å². The number of nitrogens with zero attached hydrogens (tertiary/aromatic N) is 2. The smallest absolute Gasteiger partial charge is 0.270 e. The number of nitro benzene ring substituents is 1. The van der Waals surface area contributed by atoms with Crippen LogP contribution in [0.2, 0.25) is 5.02 Å². The Balaban J connectivity index is 1.93. The molecular formula is C18H14ClN3O4. The van der Waals surface area contributed by atoms with Crippen LogP contribution in [0.5, 0.6) is 0 Å². The normalized spacial score (nSPS) is 10.7. The Morgan fingerprint density at radius 2 is 2.00 bits per heavy atom. The van der Waals surface area contributed by atoms with Crippen LogP contribution < -0.4 is 10.9 Å². The monoisotopic (exact) mass is 371 g/mol. The molecule has 0 bridgehead atoms. The van der Waals surface area contributed by atoms with Crippen molar-refractivity contribution in [3.63, 3.8) is 0 Å². The Bertz CT molecular complexity index is 1090. The summed E-state index contributed by atoms with van der Waals surface area (Å²) in [5, 5.41) is 14.7. The maximum atomic E-state index is 12.4. The van der Waals surface area contributed by atoms with Crippen molar-refractivity contribution in [1.29, 1.82) is 0 Å². The lowest BCUT2D eigenvalue weighted by atomic mass is 10.2. The number of nitro groups is 1. The molecule has 0 aliphatic carbocycles. The SMILES string of the molecule is Cc1c(Cl)cccc1NC(=O)Cn1c(=O)ccc2cc([N+](=O)[O-])ccc21. The second-order valence-corrected chi connectivity index (χ2v) is 6.13. The highest BCUT2D eigenvalue weighted by atomic mass is 35.5. The molecule has 1 amide bonds. The van der Waals surface area contributed by atoms with E-state index < -0.39 is 10.8 Å². The van der Waals surface area contributed by atoms with E-state index >= 15 is 0 Å². The van der Waals surface area contributed by atoms with Gasteiger partial charge in [-0.3, -0.25) is 24.3 Å². The molecule has 0 aliphatic rings. The molecule has 0 spiro atoms. The number of aromatic nitrogens is 1. The highest BCUT2D eigenvalue weighted by molar-refractivity contribution is 6.31. The predicted molar refractivity (Wildman–Crippen MR) is 99.7 cm³/mol. The molecule has 3 rings (SSSR count). The third-order valence-electron chi connectivity index (χ3n) is 4.03. The zero-order valence-corrected chi connectivity index (χ0v) is 14.5. The van der Waals surface area contributed by atoms with Gasteiger partial charge in [-0.25, -0.2) is 0 Å². The fourth-order valence-electron chi connectivity index (χ4n) is 2.64. The van der Waals surface area contributed by atoms with Crippen LogP contribution in [0.3, 0.4) is 0 Å². The summed E-state index contributed by atoms with van der Waals surface area (Å²) in [7, 11) is 0. The van der Waals surface area contributed by atoms with Crippen LogP contribution in [0, 0.1) is 17.0 Å². The summed E-state index contributed by atoms with van der Waals surface area (Å²) < 4.78 is 1.27. The van der Waals surface area contributed by atoms with E-state index in [0.717, 1.165) is 5.56 Å². The third kappa shape index (κ3) is 3.43. The maximum absolute atomic E-state index is 12.4. The minimum atomic E-state index is -0.510. The summed E-state index contributed by atoms with van der Waals surface area (Å²) in [6.07, 6.45) is 0. The lowest BCUT2D eigenvalue weighted by Gasteiger charge is -2.12. The van der Waals surface area contributed by atoms with E-state index in [4.69, 9.17) is 11.6 Å². The molecule has 0 fully saturated rings. The molecule has 8 heteroatoms. The number of fused-ring (bicyclic) bond motifs is 1. The molecule has 0 aliphatic heterocycles. The van der Waals surface area contributed by atoms with E-state index in [1.807, 2.05) is 0 Å². The third-order valence-corrected chi connectivity index (χ3v) is 4.44. The average molecular weight is 372 g/mol. The van der Waals surface area contributed by atoms with E-state index in [0.29, 0.717) is 21.6 Å². The largest absolute Gasteiger partial charge is 0.324 e. The standard InChI is InChI=1S/C18H14ClN3O4/c1-11-14(19)3-2-4-15(11)20-17(23)10-21-16-7-6-13(22(25)26)9-12(16)5-8-18(21)24/h2-9H,10H2,1H3,(H,20,23). The quantitative estimate of drug-likeness (QED) is 0.560. The highest BCUT2D eigenvalue weighted by Crippen LogP contribution is 2.23. The Kier molecular flexibility index (Phi) is 4.73. The first-order valence-corrected chi connectivity index (χ1v) is 8.07. The van der Waals surface area contributed by atoms with Gasteiger partial charge in [-0.05, 0) is 36.8 Å². The molecule has 0 radical (unpaired) electrons. The van der Waals surface area contributed by atoms with E-state index in [9.17, 15) is 19.7 Å². The molecule has 7 nitrogen and oxygen atoms in total. The summed E-state index contributed by atoms with van der Waals surface area (Å²) in [4.78, 5) is 35.0. The first-order valence-electron chi connectivity index (χ1n) is 7.70. The maximum Gasteiger partial charge on any atom is 0.270 e. The van der Waals surface area contributed by atoms with Crippen LogP contribution >= 0.6 is 11.6 Å². The highest BCUT2D eigenvalue weighted by Gasteiger charge is 2.13. The van der Waals surface area contributed by atoms with Crippen molar-refractivity contribution in [2.75, 3.05) is 5.32 Å². The fraction of sp³-hybridized carbons (Fsp3) is 0.111. The molecule has 3 aromatic rings. The van der Waals surface area contributed by atoms with Crippen molar-refractivity contribution in [3.8, 4) is 0 Å². The zero-order valence-electron chi connectivity index (χ0n) is 13.7. The molecule has 0 saturated heterocycles. The second-order valence-electron chi connectivity index (χ2n) is 5.72. The number of anilines is 1. The van der Waals surface area contributed by atoms with Gasteiger partial charge in [0.25, 0.3) is 11.2 Å². The number of rotatable bonds is 4. The molecular weight excluding hydrogens is 358 g/mol. The number of non-ortho nitro benzene ring substituents is 1. The first kappa shape index (κ1) is 17.6.